The Morgan fingerprint density at radius 3 is 2.89 bits per heavy atom. The van der Waals surface area contributed by atoms with E-state index in [1.165, 1.54) is 7.11 Å². The Kier molecular flexibility index (Phi) is 3.03. The maximum atomic E-state index is 9.69. The molecule has 1 N–H and O–H groups in total. The van der Waals surface area contributed by atoms with E-state index in [4.69, 9.17) is 4.74 Å². The Balaban J connectivity index is 2.06. The molecule has 0 aliphatic heterocycles. The van der Waals surface area contributed by atoms with Crippen molar-refractivity contribution < 1.29 is 9.84 Å². The van der Waals surface area contributed by atoms with Gasteiger partial charge < -0.3 is 14.2 Å². The zero-order valence-electron chi connectivity index (χ0n) is 10.5. The van der Waals surface area contributed by atoms with Crippen molar-refractivity contribution in [3.8, 4) is 11.3 Å². The fourth-order valence-corrected chi connectivity index (χ4v) is 2.06. The molecule has 19 heavy (non-hydrogen) atoms. The number of hydrogen-bond donors (Lipinski definition) is 1. The van der Waals surface area contributed by atoms with Crippen LogP contribution in [-0.2, 0) is 4.74 Å². The van der Waals surface area contributed by atoms with Gasteiger partial charge in [-0.05, 0) is 18.2 Å². The Labute approximate surface area is 110 Å². The molecule has 0 radical (unpaired) electrons. The maximum Gasteiger partial charge on any atom is 0.180 e. The molecular formula is C15H14N2O2. The lowest BCUT2D eigenvalue weighted by atomic mass is 10.1. The van der Waals surface area contributed by atoms with Crippen molar-refractivity contribution in [2.75, 3.05) is 7.11 Å². The van der Waals surface area contributed by atoms with E-state index in [0.29, 0.717) is 0 Å². The van der Waals surface area contributed by atoms with Crippen LogP contribution in [0.4, 0.5) is 0 Å². The van der Waals surface area contributed by atoms with Crippen molar-refractivity contribution in [2.24, 2.45) is 0 Å². The molecule has 2 aromatic heterocycles. The summed E-state index contributed by atoms with van der Waals surface area (Å²) < 4.78 is 6.88. The number of nitrogens with zero attached hydrogens (tertiary/aromatic N) is 2. The van der Waals surface area contributed by atoms with E-state index in [9.17, 15) is 5.11 Å². The van der Waals surface area contributed by atoms with Crippen LogP contribution in [0.5, 0.6) is 0 Å². The lowest BCUT2D eigenvalue weighted by Crippen LogP contribution is -1.99. The number of pyridine rings is 1. The highest BCUT2D eigenvalue weighted by molar-refractivity contribution is 5.63. The number of hydrogen-bond acceptors (Lipinski definition) is 3. The molecule has 2 heterocycles. The van der Waals surface area contributed by atoms with E-state index < -0.39 is 6.29 Å². The van der Waals surface area contributed by atoms with Crippen LogP contribution in [0.15, 0.2) is 54.9 Å². The zero-order chi connectivity index (χ0) is 13.2. The molecule has 1 atom stereocenters. The quantitative estimate of drug-likeness (QED) is 0.731. The number of methoxy groups -OCH3 is 1. The molecule has 1 unspecified atom stereocenters. The molecule has 0 aliphatic rings. The van der Waals surface area contributed by atoms with E-state index in [1.807, 2.05) is 59.3 Å². The van der Waals surface area contributed by atoms with Crippen LogP contribution in [0, 0.1) is 0 Å². The van der Waals surface area contributed by atoms with Gasteiger partial charge in [0.15, 0.2) is 6.29 Å². The van der Waals surface area contributed by atoms with Gasteiger partial charge in [-0.2, -0.15) is 0 Å². The van der Waals surface area contributed by atoms with Crippen LogP contribution in [0.25, 0.3) is 16.9 Å². The minimum atomic E-state index is -0.906. The first-order valence-corrected chi connectivity index (χ1v) is 6.03. The van der Waals surface area contributed by atoms with Crippen LogP contribution in [0.2, 0.25) is 0 Å². The number of fused-ring (bicyclic) bond motifs is 1. The zero-order valence-corrected chi connectivity index (χ0v) is 10.5. The second kappa shape index (κ2) is 4.84. The van der Waals surface area contributed by atoms with Crippen molar-refractivity contribution in [1.82, 2.24) is 9.38 Å². The minimum Gasteiger partial charge on any atom is -0.364 e. The Morgan fingerprint density at radius 1 is 1.21 bits per heavy atom. The van der Waals surface area contributed by atoms with E-state index >= 15 is 0 Å². The van der Waals surface area contributed by atoms with Crippen molar-refractivity contribution in [2.45, 2.75) is 6.29 Å². The summed E-state index contributed by atoms with van der Waals surface area (Å²) in [7, 11) is 1.47. The summed E-state index contributed by atoms with van der Waals surface area (Å²) in [6.45, 7) is 0. The molecule has 0 aliphatic carbocycles. The minimum absolute atomic E-state index is 0.719. The number of benzene rings is 1. The van der Waals surface area contributed by atoms with Crippen LogP contribution >= 0.6 is 0 Å². The van der Waals surface area contributed by atoms with Gasteiger partial charge in [0, 0.05) is 30.6 Å². The molecule has 1 aromatic carbocycles. The number of rotatable bonds is 3. The van der Waals surface area contributed by atoms with Crippen LogP contribution < -0.4 is 0 Å². The molecule has 0 spiro atoms. The first-order valence-electron chi connectivity index (χ1n) is 6.03. The molecular weight excluding hydrogens is 240 g/mol. The van der Waals surface area contributed by atoms with Gasteiger partial charge in [0.2, 0.25) is 0 Å². The highest BCUT2D eigenvalue weighted by Crippen LogP contribution is 2.23. The molecule has 4 nitrogen and oxygen atoms in total. The number of ether oxygens (including phenoxy) is 1. The van der Waals surface area contributed by atoms with Crippen molar-refractivity contribution in [1.29, 1.82) is 0 Å². The summed E-state index contributed by atoms with van der Waals surface area (Å²) in [5, 5.41) is 9.69. The summed E-state index contributed by atoms with van der Waals surface area (Å²) in [6.07, 6.45) is 3.02. The Morgan fingerprint density at radius 2 is 2.11 bits per heavy atom. The number of imidazole rings is 1. The summed E-state index contributed by atoms with van der Waals surface area (Å²) >= 11 is 0. The molecule has 0 amide bonds. The van der Waals surface area contributed by atoms with Crippen LogP contribution in [0.3, 0.4) is 0 Å². The lowest BCUT2D eigenvalue weighted by Gasteiger charge is -2.09. The van der Waals surface area contributed by atoms with Gasteiger partial charge in [-0.15, -0.1) is 0 Å². The molecule has 0 saturated heterocycles. The second-order valence-electron chi connectivity index (χ2n) is 4.31. The van der Waals surface area contributed by atoms with E-state index in [1.54, 1.807) is 0 Å². The number of aromatic nitrogens is 2. The second-order valence-corrected chi connectivity index (χ2v) is 4.31. The molecule has 4 heteroatoms. The first-order chi connectivity index (χ1) is 9.28. The normalized spacial score (nSPS) is 12.7. The van der Waals surface area contributed by atoms with E-state index in [2.05, 4.69) is 4.98 Å². The van der Waals surface area contributed by atoms with Gasteiger partial charge in [-0.3, -0.25) is 0 Å². The fourth-order valence-electron chi connectivity index (χ4n) is 2.06. The highest BCUT2D eigenvalue weighted by atomic mass is 16.6. The predicted molar refractivity (Wildman–Crippen MR) is 72.6 cm³/mol. The standard InChI is InChI=1S/C15H14N2O2/c1-19-15(18)12-6-4-5-11(9-12)13-10-17-8-3-2-7-14(17)16-13/h2-10,15,18H,1H3. The SMILES string of the molecule is COC(O)c1cccc(-c2cn3ccccc3n2)c1. The number of aliphatic hydroxyl groups is 1. The average molecular weight is 254 g/mol. The summed E-state index contributed by atoms with van der Waals surface area (Å²) in [4.78, 5) is 4.55. The molecule has 3 aromatic rings. The van der Waals surface area contributed by atoms with Gasteiger partial charge in [0.25, 0.3) is 0 Å². The molecule has 0 fully saturated rings. The smallest absolute Gasteiger partial charge is 0.180 e. The monoisotopic (exact) mass is 254 g/mol. The average Bonchev–Trinajstić information content (AvgIpc) is 2.90. The van der Waals surface area contributed by atoms with Gasteiger partial charge in [0.05, 0.1) is 5.69 Å². The topological polar surface area (TPSA) is 46.8 Å². The maximum absolute atomic E-state index is 9.69. The molecule has 0 bridgehead atoms. The summed E-state index contributed by atoms with van der Waals surface area (Å²) in [6, 6.07) is 13.4. The lowest BCUT2D eigenvalue weighted by molar-refractivity contribution is -0.0769. The van der Waals surface area contributed by atoms with Gasteiger partial charge >= 0.3 is 0 Å². The molecule has 96 valence electrons. The van der Waals surface area contributed by atoms with Gasteiger partial charge in [-0.25, -0.2) is 4.98 Å². The summed E-state index contributed by atoms with van der Waals surface area (Å²) in [5.41, 5.74) is 3.45. The molecule has 3 rings (SSSR count). The van der Waals surface area contributed by atoms with Crippen LogP contribution in [-0.4, -0.2) is 21.6 Å². The van der Waals surface area contributed by atoms with Crippen molar-refractivity contribution >= 4 is 5.65 Å². The fraction of sp³-hybridized carbons (Fsp3) is 0.133. The largest absolute Gasteiger partial charge is 0.364 e. The predicted octanol–water partition coefficient (Wildman–Crippen LogP) is 2.64. The highest BCUT2D eigenvalue weighted by Gasteiger charge is 2.09. The van der Waals surface area contributed by atoms with E-state index in [-0.39, 0.29) is 0 Å². The Hall–Kier alpha value is -2.17. The van der Waals surface area contributed by atoms with Crippen LogP contribution in [0.1, 0.15) is 11.9 Å². The third-order valence-electron chi connectivity index (χ3n) is 3.05. The van der Waals surface area contributed by atoms with Gasteiger partial charge in [-0.1, -0.05) is 24.3 Å². The van der Waals surface area contributed by atoms with Gasteiger partial charge in [0.1, 0.15) is 5.65 Å². The first kappa shape index (κ1) is 11.9. The Bertz CT molecular complexity index is 673. The third kappa shape index (κ3) is 2.23. The van der Waals surface area contributed by atoms with Crippen molar-refractivity contribution in [3.05, 3.63) is 60.4 Å². The third-order valence-corrected chi connectivity index (χ3v) is 3.05. The van der Waals surface area contributed by atoms with Crippen molar-refractivity contribution in [3.63, 3.8) is 0 Å². The summed E-state index contributed by atoms with van der Waals surface area (Å²) in [5.74, 6) is 0. The number of aliphatic hydroxyl groups excluding tert-OH is 1. The van der Waals surface area contributed by atoms with E-state index in [0.717, 1.165) is 22.5 Å². The molecule has 0 saturated carbocycles.